The van der Waals surface area contributed by atoms with E-state index in [0.717, 1.165) is 19.4 Å². The summed E-state index contributed by atoms with van der Waals surface area (Å²) >= 11 is 1.76. The Morgan fingerprint density at radius 1 is 1.59 bits per heavy atom. The lowest BCUT2D eigenvalue weighted by atomic mass is 9.70. The zero-order valence-electron chi connectivity index (χ0n) is 10.4. The summed E-state index contributed by atoms with van der Waals surface area (Å²) in [5, 5.41) is 13.0. The van der Waals surface area contributed by atoms with Crippen LogP contribution in [0, 0.1) is 0 Å². The molecule has 1 unspecified atom stereocenters. The van der Waals surface area contributed by atoms with Gasteiger partial charge in [0.2, 0.25) is 0 Å². The minimum Gasteiger partial charge on any atom is -0.395 e. The first kappa shape index (κ1) is 11.6. The summed E-state index contributed by atoms with van der Waals surface area (Å²) in [7, 11) is 2.18. The number of likely N-dealkylation sites (N-methyl/N-ethyl adjacent to an activating group) is 1. The molecule has 2 heterocycles. The van der Waals surface area contributed by atoms with Crippen LogP contribution in [0.25, 0.3) is 0 Å². The monoisotopic (exact) mass is 252 g/mol. The van der Waals surface area contributed by atoms with Gasteiger partial charge in [0.05, 0.1) is 12.3 Å². The molecule has 1 aromatic rings. The predicted molar refractivity (Wildman–Crippen MR) is 69.6 cm³/mol. The van der Waals surface area contributed by atoms with Crippen LogP contribution in [-0.2, 0) is 5.41 Å². The van der Waals surface area contributed by atoms with Crippen molar-refractivity contribution >= 4 is 11.3 Å². The van der Waals surface area contributed by atoms with E-state index in [-0.39, 0.29) is 12.0 Å². The van der Waals surface area contributed by atoms with E-state index in [4.69, 9.17) is 4.98 Å². The fourth-order valence-electron chi connectivity index (χ4n) is 2.94. The van der Waals surface area contributed by atoms with Crippen molar-refractivity contribution in [3.8, 4) is 0 Å². The number of hydrogen-bond acceptors (Lipinski definition) is 4. The van der Waals surface area contributed by atoms with Gasteiger partial charge in [0.25, 0.3) is 0 Å². The Hall–Kier alpha value is -0.450. The van der Waals surface area contributed by atoms with Crippen LogP contribution >= 0.6 is 11.3 Å². The Morgan fingerprint density at radius 3 is 2.94 bits per heavy atom. The van der Waals surface area contributed by atoms with Crippen molar-refractivity contribution < 1.29 is 5.11 Å². The summed E-state index contributed by atoms with van der Waals surface area (Å²) in [6.07, 6.45) is 4.69. The summed E-state index contributed by atoms with van der Waals surface area (Å²) < 4.78 is 0. The summed E-state index contributed by atoms with van der Waals surface area (Å²) in [5.74, 6) is 0.612. The van der Waals surface area contributed by atoms with Crippen molar-refractivity contribution in [3.05, 3.63) is 16.1 Å². The second-order valence-electron chi connectivity index (χ2n) is 5.62. The van der Waals surface area contributed by atoms with Gasteiger partial charge in [0, 0.05) is 23.3 Å². The molecule has 3 nitrogen and oxygen atoms in total. The topological polar surface area (TPSA) is 36.4 Å². The zero-order chi connectivity index (χ0) is 11.9. The molecule has 2 aliphatic rings. The van der Waals surface area contributed by atoms with Gasteiger partial charge in [-0.15, -0.1) is 11.3 Å². The van der Waals surface area contributed by atoms with Crippen molar-refractivity contribution in [1.82, 2.24) is 9.88 Å². The van der Waals surface area contributed by atoms with Gasteiger partial charge in [-0.1, -0.05) is 6.42 Å². The second-order valence-corrected chi connectivity index (χ2v) is 6.48. The Kier molecular flexibility index (Phi) is 2.97. The highest BCUT2D eigenvalue weighted by molar-refractivity contribution is 7.09. The van der Waals surface area contributed by atoms with Gasteiger partial charge in [-0.2, -0.15) is 0 Å². The third kappa shape index (κ3) is 1.92. The Morgan fingerprint density at radius 2 is 2.41 bits per heavy atom. The molecule has 0 spiro atoms. The van der Waals surface area contributed by atoms with Crippen LogP contribution in [0.1, 0.15) is 42.3 Å². The molecule has 1 N–H and O–H groups in total. The number of aliphatic hydroxyl groups is 1. The second kappa shape index (κ2) is 4.34. The summed E-state index contributed by atoms with van der Waals surface area (Å²) in [5.41, 5.74) is 1.28. The van der Waals surface area contributed by atoms with Gasteiger partial charge in [0.1, 0.15) is 5.01 Å². The van der Waals surface area contributed by atoms with Crippen LogP contribution in [0.5, 0.6) is 0 Å². The first-order valence-corrected chi connectivity index (χ1v) is 7.37. The van der Waals surface area contributed by atoms with Crippen LogP contribution in [0.15, 0.2) is 5.38 Å². The van der Waals surface area contributed by atoms with Gasteiger partial charge in [-0.05, 0) is 32.9 Å². The number of aromatic nitrogens is 1. The quantitative estimate of drug-likeness (QED) is 0.893. The molecule has 1 atom stereocenters. The zero-order valence-corrected chi connectivity index (χ0v) is 11.2. The average Bonchev–Trinajstić information content (AvgIpc) is 2.86. The largest absolute Gasteiger partial charge is 0.395 e. The molecular weight excluding hydrogens is 232 g/mol. The van der Waals surface area contributed by atoms with Crippen molar-refractivity contribution in [2.45, 2.75) is 37.0 Å². The number of likely N-dealkylation sites (tertiary alicyclic amines) is 1. The summed E-state index contributed by atoms with van der Waals surface area (Å²) in [4.78, 5) is 7.19. The minimum absolute atomic E-state index is 0.0213. The van der Waals surface area contributed by atoms with Crippen molar-refractivity contribution in [3.63, 3.8) is 0 Å². The van der Waals surface area contributed by atoms with Gasteiger partial charge in [-0.25, -0.2) is 4.98 Å². The van der Waals surface area contributed by atoms with Gasteiger partial charge in [-0.3, -0.25) is 0 Å². The third-order valence-corrected chi connectivity index (χ3v) is 5.51. The standard InChI is InChI=1S/C13H20N2OS/c1-15-6-3-10(7-15)11-8-17-12(14-11)13(9-16)4-2-5-13/h8,10,16H,2-7,9H2,1H3. The van der Waals surface area contributed by atoms with Gasteiger partial charge in [0.15, 0.2) is 0 Å². The molecule has 0 bridgehead atoms. The van der Waals surface area contributed by atoms with Gasteiger partial charge >= 0.3 is 0 Å². The minimum atomic E-state index is 0.0213. The van der Waals surface area contributed by atoms with E-state index in [2.05, 4.69) is 17.3 Å². The van der Waals surface area contributed by atoms with E-state index in [0.29, 0.717) is 5.92 Å². The lowest BCUT2D eigenvalue weighted by Crippen LogP contribution is -2.37. The molecule has 2 fully saturated rings. The summed E-state index contributed by atoms with van der Waals surface area (Å²) in [6, 6.07) is 0. The van der Waals surface area contributed by atoms with E-state index in [1.54, 1.807) is 11.3 Å². The first-order chi connectivity index (χ1) is 8.23. The fraction of sp³-hybridized carbons (Fsp3) is 0.769. The van der Waals surface area contributed by atoms with E-state index in [9.17, 15) is 5.11 Å². The molecule has 1 aliphatic carbocycles. The third-order valence-electron chi connectivity index (χ3n) is 4.40. The van der Waals surface area contributed by atoms with E-state index < -0.39 is 0 Å². The molecule has 0 aromatic carbocycles. The first-order valence-electron chi connectivity index (χ1n) is 6.49. The highest BCUT2D eigenvalue weighted by Crippen LogP contribution is 2.45. The maximum atomic E-state index is 9.57. The Balaban J connectivity index is 1.78. The molecule has 3 rings (SSSR count). The smallest absolute Gasteiger partial charge is 0.101 e. The lowest BCUT2D eigenvalue weighted by molar-refractivity contribution is 0.119. The molecular formula is C13H20N2OS. The molecule has 94 valence electrons. The molecule has 1 saturated heterocycles. The highest BCUT2D eigenvalue weighted by atomic mass is 32.1. The maximum absolute atomic E-state index is 9.57. The summed E-state index contributed by atoms with van der Waals surface area (Å²) in [6.45, 7) is 2.59. The number of rotatable bonds is 3. The molecule has 4 heteroatoms. The van der Waals surface area contributed by atoms with Crippen LogP contribution in [-0.4, -0.2) is 41.7 Å². The molecule has 1 aromatic heterocycles. The van der Waals surface area contributed by atoms with Crippen LogP contribution in [0.3, 0.4) is 0 Å². The van der Waals surface area contributed by atoms with Gasteiger partial charge < -0.3 is 10.0 Å². The SMILES string of the molecule is CN1CCC(c2csc(C3(CO)CCC3)n2)C1. The Bertz CT molecular complexity index is 394. The molecule has 1 aliphatic heterocycles. The lowest BCUT2D eigenvalue weighted by Gasteiger charge is -2.38. The van der Waals surface area contributed by atoms with Crippen molar-refractivity contribution in [2.24, 2.45) is 0 Å². The number of hydrogen-bond donors (Lipinski definition) is 1. The maximum Gasteiger partial charge on any atom is 0.101 e. The molecule has 0 radical (unpaired) electrons. The Labute approximate surface area is 106 Å². The number of thiazole rings is 1. The average molecular weight is 252 g/mol. The normalized spacial score (nSPS) is 28.2. The number of aliphatic hydroxyl groups excluding tert-OH is 1. The van der Waals surface area contributed by atoms with E-state index >= 15 is 0 Å². The predicted octanol–water partition coefficient (Wildman–Crippen LogP) is 1.98. The molecule has 17 heavy (non-hydrogen) atoms. The van der Waals surface area contributed by atoms with Crippen LogP contribution in [0.2, 0.25) is 0 Å². The number of nitrogens with zero attached hydrogens (tertiary/aromatic N) is 2. The molecule has 0 amide bonds. The fourth-order valence-corrected chi connectivity index (χ4v) is 4.09. The van der Waals surface area contributed by atoms with Crippen LogP contribution < -0.4 is 0 Å². The molecule has 1 saturated carbocycles. The highest BCUT2D eigenvalue weighted by Gasteiger charge is 2.41. The van der Waals surface area contributed by atoms with E-state index in [1.165, 1.54) is 30.1 Å². The van der Waals surface area contributed by atoms with Crippen LogP contribution in [0.4, 0.5) is 0 Å². The van der Waals surface area contributed by atoms with Crippen molar-refractivity contribution in [1.29, 1.82) is 0 Å². The van der Waals surface area contributed by atoms with E-state index in [1.807, 2.05) is 0 Å². The van der Waals surface area contributed by atoms with Crippen molar-refractivity contribution in [2.75, 3.05) is 26.7 Å².